The normalized spacial score (nSPS) is 14.8. The number of esters is 1. The van der Waals surface area contributed by atoms with Gasteiger partial charge in [0.25, 0.3) is 5.91 Å². The molecular formula is C12H12N2O3. The molecule has 0 bridgehead atoms. The standard InChI is InChI=1S/C12H12N2O3/c1-8-7-11(15)14(13-8)10-5-3-9(4-6-10)12(16)17-2/h3-6H,7H2,1-2H3. The van der Waals surface area contributed by atoms with Crippen LogP contribution in [0.2, 0.25) is 0 Å². The molecule has 0 atom stereocenters. The molecule has 88 valence electrons. The Labute approximate surface area is 98.7 Å². The fourth-order valence-corrected chi connectivity index (χ4v) is 1.61. The Balaban J connectivity index is 2.24. The monoisotopic (exact) mass is 232 g/mol. The van der Waals surface area contributed by atoms with E-state index in [1.165, 1.54) is 12.1 Å². The van der Waals surface area contributed by atoms with Gasteiger partial charge in [0, 0.05) is 5.71 Å². The molecule has 2 rings (SSSR count). The van der Waals surface area contributed by atoms with E-state index in [2.05, 4.69) is 9.84 Å². The molecule has 1 aromatic rings. The summed E-state index contributed by atoms with van der Waals surface area (Å²) in [5.41, 5.74) is 1.88. The lowest BCUT2D eigenvalue weighted by atomic mass is 10.2. The van der Waals surface area contributed by atoms with Gasteiger partial charge < -0.3 is 4.74 Å². The number of nitrogens with zero attached hydrogens (tertiary/aromatic N) is 2. The highest BCUT2D eigenvalue weighted by Gasteiger charge is 2.22. The fraction of sp³-hybridized carbons (Fsp3) is 0.250. The first-order valence-corrected chi connectivity index (χ1v) is 5.17. The van der Waals surface area contributed by atoms with Crippen LogP contribution in [0.15, 0.2) is 29.4 Å². The van der Waals surface area contributed by atoms with Crippen molar-refractivity contribution in [1.29, 1.82) is 0 Å². The zero-order valence-electron chi connectivity index (χ0n) is 9.64. The number of anilines is 1. The minimum Gasteiger partial charge on any atom is -0.465 e. The van der Waals surface area contributed by atoms with Crippen LogP contribution in [0, 0.1) is 0 Å². The zero-order chi connectivity index (χ0) is 12.4. The Morgan fingerprint density at radius 2 is 2.00 bits per heavy atom. The average Bonchev–Trinajstić information content (AvgIpc) is 2.68. The lowest BCUT2D eigenvalue weighted by molar-refractivity contribution is -0.116. The number of hydrogen-bond donors (Lipinski definition) is 0. The largest absolute Gasteiger partial charge is 0.465 e. The number of benzene rings is 1. The van der Waals surface area contributed by atoms with Crippen molar-refractivity contribution < 1.29 is 14.3 Å². The predicted octanol–water partition coefficient (Wildman–Crippen LogP) is 1.59. The summed E-state index contributed by atoms with van der Waals surface area (Å²) >= 11 is 0. The number of methoxy groups -OCH3 is 1. The number of hydrazone groups is 1. The van der Waals surface area contributed by atoms with Crippen molar-refractivity contribution in [3.05, 3.63) is 29.8 Å². The van der Waals surface area contributed by atoms with E-state index in [0.717, 1.165) is 5.71 Å². The van der Waals surface area contributed by atoms with Gasteiger partial charge in [0.2, 0.25) is 0 Å². The van der Waals surface area contributed by atoms with Crippen LogP contribution in [-0.4, -0.2) is 24.7 Å². The number of amides is 1. The molecule has 5 nitrogen and oxygen atoms in total. The molecule has 0 spiro atoms. The van der Waals surface area contributed by atoms with Gasteiger partial charge in [-0.2, -0.15) is 5.10 Å². The third-order valence-electron chi connectivity index (χ3n) is 2.45. The van der Waals surface area contributed by atoms with Crippen molar-refractivity contribution in [2.24, 2.45) is 5.10 Å². The molecule has 0 saturated heterocycles. The molecule has 0 radical (unpaired) electrons. The Hall–Kier alpha value is -2.17. The van der Waals surface area contributed by atoms with E-state index < -0.39 is 5.97 Å². The molecule has 1 aliphatic rings. The molecule has 0 N–H and O–H groups in total. The van der Waals surface area contributed by atoms with Crippen molar-refractivity contribution in [2.45, 2.75) is 13.3 Å². The molecule has 1 aromatic carbocycles. The summed E-state index contributed by atoms with van der Waals surface area (Å²) in [6, 6.07) is 6.56. The SMILES string of the molecule is COC(=O)c1ccc(N2N=C(C)CC2=O)cc1. The van der Waals surface area contributed by atoms with E-state index >= 15 is 0 Å². The smallest absolute Gasteiger partial charge is 0.337 e. The van der Waals surface area contributed by atoms with Crippen molar-refractivity contribution in [1.82, 2.24) is 0 Å². The second-order valence-corrected chi connectivity index (χ2v) is 3.76. The lowest BCUT2D eigenvalue weighted by Gasteiger charge is -2.11. The molecule has 0 unspecified atom stereocenters. The van der Waals surface area contributed by atoms with Crippen LogP contribution in [0.4, 0.5) is 5.69 Å². The van der Waals surface area contributed by atoms with E-state index in [1.807, 2.05) is 0 Å². The third kappa shape index (κ3) is 2.18. The maximum absolute atomic E-state index is 11.6. The van der Waals surface area contributed by atoms with Crippen molar-refractivity contribution >= 4 is 23.3 Å². The highest BCUT2D eigenvalue weighted by Crippen LogP contribution is 2.21. The Morgan fingerprint density at radius 3 is 2.47 bits per heavy atom. The summed E-state index contributed by atoms with van der Waals surface area (Å²) in [7, 11) is 1.33. The summed E-state index contributed by atoms with van der Waals surface area (Å²) in [5, 5.41) is 5.46. The van der Waals surface area contributed by atoms with Crippen LogP contribution in [-0.2, 0) is 9.53 Å². The summed E-state index contributed by atoms with van der Waals surface area (Å²) in [6.45, 7) is 1.81. The molecule has 0 fully saturated rings. The maximum Gasteiger partial charge on any atom is 0.337 e. The van der Waals surface area contributed by atoms with Gasteiger partial charge in [-0.15, -0.1) is 0 Å². The van der Waals surface area contributed by atoms with Crippen molar-refractivity contribution in [3.63, 3.8) is 0 Å². The van der Waals surface area contributed by atoms with Crippen LogP contribution in [0.5, 0.6) is 0 Å². The van der Waals surface area contributed by atoms with Crippen LogP contribution in [0.1, 0.15) is 23.7 Å². The summed E-state index contributed by atoms with van der Waals surface area (Å²) in [4.78, 5) is 22.8. The predicted molar refractivity (Wildman–Crippen MR) is 63.0 cm³/mol. The van der Waals surface area contributed by atoms with E-state index in [1.54, 1.807) is 31.2 Å². The first-order chi connectivity index (χ1) is 8.11. The Kier molecular flexibility index (Phi) is 2.91. The first kappa shape index (κ1) is 11.3. The number of ether oxygens (including phenoxy) is 1. The molecule has 0 aromatic heterocycles. The number of carbonyl (C=O) groups is 2. The summed E-state index contributed by atoms with van der Waals surface area (Å²) < 4.78 is 4.59. The highest BCUT2D eigenvalue weighted by atomic mass is 16.5. The van der Waals surface area contributed by atoms with Crippen molar-refractivity contribution in [2.75, 3.05) is 12.1 Å². The van der Waals surface area contributed by atoms with Gasteiger partial charge in [-0.25, -0.2) is 9.80 Å². The topological polar surface area (TPSA) is 59.0 Å². The minimum atomic E-state index is -0.399. The van der Waals surface area contributed by atoms with Crippen LogP contribution >= 0.6 is 0 Å². The van der Waals surface area contributed by atoms with Gasteiger partial charge in [0.05, 0.1) is 24.8 Å². The van der Waals surface area contributed by atoms with Crippen LogP contribution in [0.3, 0.4) is 0 Å². The van der Waals surface area contributed by atoms with Gasteiger partial charge in [-0.05, 0) is 31.2 Å². The van der Waals surface area contributed by atoms with Gasteiger partial charge >= 0.3 is 5.97 Å². The van der Waals surface area contributed by atoms with E-state index in [0.29, 0.717) is 17.7 Å². The fourth-order valence-electron chi connectivity index (χ4n) is 1.61. The molecule has 5 heteroatoms. The van der Waals surface area contributed by atoms with Gasteiger partial charge in [-0.1, -0.05) is 0 Å². The molecule has 17 heavy (non-hydrogen) atoms. The Morgan fingerprint density at radius 1 is 1.35 bits per heavy atom. The second-order valence-electron chi connectivity index (χ2n) is 3.76. The molecule has 0 aliphatic carbocycles. The highest BCUT2D eigenvalue weighted by molar-refractivity contribution is 6.12. The van der Waals surface area contributed by atoms with E-state index in [-0.39, 0.29) is 5.91 Å². The molecule has 0 saturated carbocycles. The second kappa shape index (κ2) is 4.37. The molecule has 1 aliphatic heterocycles. The lowest BCUT2D eigenvalue weighted by Crippen LogP contribution is -2.19. The number of rotatable bonds is 2. The molecular weight excluding hydrogens is 220 g/mol. The molecule has 1 amide bonds. The maximum atomic E-state index is 11.6. The van der Waals surface area contributed by atoms with Crippen LogP contribution in [0.25, 0.3) is 0 Å². The number of hydrogen-bond acceptors (Lipinski definition) is 4. The van der Waals surface area contributed by atoms with Gasteiger partial charge in [-0.3, -0.25) is 4.79 Å². The zero-order valence-corrected chi connectivity index (χ0v) is 9.64. The van der Waals surface area contributed by atoms with E-state index in [4.69, 9.17) is 0 Å². The first-order valence-electron chi connectivity index (χ1n) is 5.17. The number of carbonyl (C=O) groups excluding carboxylic acids is 2. The van der Waals surface area contributed by atoms with Gasteiger partial charge in [0.1, 0.15) is 0 Å². The quantitative estimate of drug-likeness (QED) is 0.727. The summed E-state index contributed by atoms with van der Waals surface area (Å²) in [5.74, 6) is -0.461. The van der Waals surface area contributed by atoms with Gasteiger partial charge in [0.15, 0.2) is 0 Å². The molecule has 1 heterocycles. The third-order valence-corrected chi connectivity index (χ3v) is 2.45. The van der Waals surface area contributed by atoms with E-state index in [9.17, 15) is 9.59 Å². The van der Waals surface area contributed by atoms with Crippen molar-refractivity contribution in [3.8, 4) is 0 Å². The Bertz CT molecular complexity index is 491. The summed E-state index contributed by atoms with van der Waals surface area (Å²) in [6.07, 6.45) is 0.346. The minimum absolute atomic E-state index is 0.0617. The van der Waals surface area contributed by atoms with Crippen LogP contribution < -0.4 is 5.01 Å². The average molecular weight is 232 g/mol.